The Morgan fingerprint density at radius 1 is 0.284 bits per heavy atom. The monoisotopic (exact) mass is 1320 g/mol. The number of aromatic nitrogens is 7. The van der Waals surface area contributed by atoms with Crippen LogP contribution < -0.4 is 0 Å². The maximum atomic E-state index is 6.56. The summed E-state index contributed by atoms with van der Waals surface area (Å²) in [5.41, 5.74) is 17.8. The van der Waals surface area contributed by atoms with Gasteiger partial charge in [-0.25, -0.2) is 19.9 Å². The first-order chi connectivity index (χ1) is 50.5. The van der Waals surface area contributed by atoms with Crippen LogP contribution >= 0.6 is 11.3 Å². The molecule has 0 saturated heterocycles. The summed E-state index contributed by atoms with van der Waals surface area (Å²) in [4.78, 5) is 27.4. The molecule has 0 aliphatic rings. The molecule has 0 radical (unpaired) electrons. The summed E-state index contributed by atoms with van der Waals surface area (Å²) in [7, 11) is 0. The van der Waals surface area contributed by atoms with Gasteiger partial charge in [0.25, 0.3) is 0 Å². The summed E-state index contributed by atoms with van der Waals surface area (Å²) < 4.78 is 12.4. The number of fused-ring (bicyclic) bond motifs is 19. The van der Waals surface area contributed by atoms with Gasteiger partial charge < -0.3 is 4.42 Å². The lowest BCUT2D eigenvalue weighted by Gasteiger charge is -2.14. The number of thiophene rings is 1. The number of benzene rings is 15. The van der Waals surface area contributed by atoms with Crippen LogP contribution in [0.1, 0.15) is 0 Å². The van der Waals surface area contributed by atoms with Gasteiger partial charge in [0, 0.05) is 71.3 Å². The lowest BCUT2D eigenvalue weighted by molar-refractivity contribution is 0.653. The molecule has 0 saturated carbocycles. The highest BCUT2D eigenvalue weighted by Crippen LogP contribution is 2.47. The maximum absolute atomic E-state index is 6.56. The van der Waals surface area contributed by atoms with Gasteiger partial charge in [-0.15, -0.1) is 11.3 Å². The van der Waals surface area contributed by atoms with Crippen molar-refractivity contribution in [1.29, 1.82) is 0 Å². The van der Waals surface area contributed by atoms with Crippen molar-refractivity contribution in [2.75, 3.05) is 0 Å². The van der Waals surface area contributed by atoms with E-state index in [1.807, 2.05) is 36.7 Å². The Bertz CT molecular complexity index is 7180. The minimum absolute atomic E-state index is 0.523. The predicted octanol–water partition coefficient (Wildman–Crippen LogP) is 24.9. The fourth-order valence-electron chi connectivity index (χ4n) is 15.6. The average molecular weight is 1320 g/mol. The van der Waals surface area contributed by atoms with Crippen molar-refractivity contribution >= 4 is 151 Å². The Labute approximate surface area is 587 Å². The van der Waals surface area contributed by atoms with Crippen LogP contribution in [-0.4, -0.2) is 34.1 Å². The molecule has 0 aliphatic carbocycles. The third-order valence-corrected chi connectivity index (χ3v) is 21.4. The van der Waals surface area contributed by atoms with E-state index >= 15 is 0 Å². The molecule has 22 rings (SSSR count). The molecule has 0 spiro atoms. The third-order valence-electron chi connectivity index (χ3n) is 20.4. The summed E-state index contributed by atoms with van der Waals surface area (Å²) >= 11 is 1.70. The summed E-state index contributed by atoms with van der Waals surface area (Å²) in [5.74, 6) is 1.57. The molecule has 0 bridgehead atoms. The number of hydrogen-bond acceptors (Lipinski definition) is 7. The second kappa shape index (κ2) is 23.1. The molecule has 0 fully saturated rings. The van der Waals surface area contributed by atoms with Crippen molar-refractivity contribution < 1.29 is 4.42 Å². The van der Waals surface area contributed by atoms with Gasteiger partial charge in [0.1, 0.15) is 32.8 Å². The zero-order chi connectivity index (χ0) is 66.9. The van der Waals surface area contributed by atoms with E-state index < -0.39 is 0 Å². The van der Waals surface area contributed by atoms with Crippen LogP contribution in [0.2, 0.25) is 0 Å². The first-order valence-electron chi connectivity index (χ1n) is 34.3. The largest absolute Gasteiger partial charge is 0.436 e. The Kier molecular flexibility index (Phi) is 13.0. The SMILES string of the molecule is c1ccc(-c2cc3sc4nc(-c5cccnc5)c(-n5c6cc7ccccc7cc6c6ccc7ccccc7c65)nc4c3cc2-c2ccccc2)cc1.c1ccc(-c2nc3oc4cc(-c5ccc6ccccc6c5)ccc4c3nc2-n2c3cc4ccccc4cc3c3ccc4ccccc4c32)cc1. The Balaban J connectivity index is 0.000000133. The average Bonchev–Trinajstić information content (AvgIpc) is 1.56. The molecule has 0 amide bonds. The van der Waals surface area contributed by atoms with E-state index in [9.17, 15) is 0 Å². The number of hydrogen-bond donors (Lipinski definition) is 0. The second-order valence-corrected chi connectivity index (χ2v) is 27.3. The fourth-order valence-corrected chi connectivity index (χ4v) is 16.6. The van der Waals surface area contributed by atoms with Gasteiger partial charge in [-0.2, -0.15) is 0 Å². The van der Waals surface area contributed by atoms with Crippen molar-refractivity contribution in [1.82, 2.24) is 34.1 Å². The molecule has 0 N–H and O–H groups in total. The van der Waals surface area contributed by atoms with Crippen LogP contribution in [0.4, 0.5) is 0 Å². The van der Waals surface area contributed by atoms with Gasteiger partial charge >= 0.3 is 0 Å². The van der Waals surface area contributed by atoms with Crippen LogP contribution in [0.3, 0.4) is 0 Å². The topological polar surface area (TPSA) is 87.4 Å². The lowest BCUT2D eigenvalue weighted by atomic mass is 9.93. The smallest absolute Gasteiger partial charge is 0.247 e. The fraction of sp³-hybridized carbons (Fsp3) is 0. The first kappa shape index (κ1) is 57.6. The Morgan fingerprint density at radius 2 is 0.745 bits per heavy atom. The molecule has 9 heteroatoms. The van der Waals surface area contributed by atoms with Gasteiger partial charge in [0.15, 0.2) is 11.6 Å². The van der Waals surface area contributed by atoms with Crippen LogP contribution in [0.25, 0.3) is 208 Å². The van der Waals surface area contributed by atoms with E-state index in [1.54, 1.807) is 11.3 Å². The standard InChI is InChI=1S/C47H28N4S.C46H27N3O/c1-3-12-29(13-4-1)37-26-40-42(27-38(37)30-14-5-2-6-15-30)52-47-44(40)49-46(43(50-47)34-19-11-23-48-28-34)51-41-25-33-18-8-7-17-32(33)24-39(41)36-22-21-31-16-9-10-20-35(31)45(36)51;1-2-12-30(13-3-1)42-45(47-43-38-23-21-35(27-41(38)50-46(43)48-42)34-19-18-28-10-4-5-14-31(28)24-34)49-40-26-33-16-7-6-15-32(33)25-39(40)37-22-20-29-11-8-9-17-36(29)44(37)49/h1-28H;1-27H. The molecule has 0 unspecified atom stereocenters. The van der Waals surface area contributed by atoms with Gasteiger partial charge in [0.05, 0.1) is 22.1 Å². The molecule has 0 atom stereocenters. The van der Waals surface area contributed by atoms with Crippen molar-refractivity contribution in [3.63, 3.8) is 0 Å². The van der Waals surface area contributed by atoms with Crippen molar-refractivity contribution in [3.8, 4) is 67.5 Å². The lowest BCUT2D eigenvalue weighted by Crippen LogP contribution is -2.03. The summed E-state index contributed by atoms with van der Waals surface area (Å²) in [6.07, 6.45) is 3.71. The third kappa shape index (κ3) is 9.25. The molecule has 102 heavy (non-hydrogen) atoms. The molecular weight excluding hydrogens is 1260 g/mol. The van der Waals surface area contributed by atoms with Crippen LogP contribution in [0.5, 0.6) is 0 Å². The van der Waals surface area contributed by atoms with Crippen LogP contribution in [-0.2, 0) is 0 Å². The van der Waals surface area contributed by atoms with E-state index in [1.165, 1.54) is 97.7 Å². The quantitative estimate of drug-likeness (QED) is 0.158. The van der Waals surface area contributed by atoms with Crippen LogP contribution in [0.15, 0.2) is 338 Å². The molecule has 15 aromatic carbocycles. The van der Waals surface area contributed by atoms with Gasteiger partial charge in [0.2, 0.25) is 5.71 Å². The highest BCUT2D eigenvalue weighted by atomic mass is 32.1. The molecule has 474 valence electrons. The number of furan rings is 1. The predicted molar refractivity (Wildman–Crippen MR) is 425 cm³/mol. The van der Waals surface area contributed by atoms with E-state index in [0.717, 1.165) is 104 Å². The molecule has 8 nitrogen and oxygen atoms in total. The second-order valence-electron chi connectivity index (χ2n) is 26.3. The highest BCUT2D eigenvalue weighted by molar-refractivity contribution is 7.25. The Hall–Kier alpha value is -13.5. The van der Waals surface area contributed by atoms with Crippen molar-refractivity contribution in [3.05, 3.63) is 334 Å². The summed E-state index contributed by atoms with van der Waals surface area (Å²) in [6, 6.07) is 114. The summed E-state index contributed by atoms with van der Waals surface area (Å²) in [5, 5.41) is 18.7. The molecule has 22 aromatic rings. The maximum Gasteiger partial charge on any atom is 0.247 e. The van der Waals surface area contributed by atoms with Crippen molar-refractivity contribution in [2.24, 2.45) is 0 Å². The van der Waals surface area contributed by atoms with E-state index in [4.69, 9.17) is 24.4 Å². The molecule has 0 aliphatic heterocycles. The van der Waals surface area contributed by atoms with Gasteiger partial charge in [-0.1, -0.05) is 255 Å². The van der Waals surface area contributed by atoms with E-state index in [-0.39, 0.29) is 0 Å². The zero-order valence-electron chi connectivity index (χ0n) is 54.7. The van der Waals surface area contributed by atoms with E-state index in [2.05, 4.69) is 311 Å². The molecule has 7 heterocycles. The zero-order valence-corrected chi connectivity index (χ0v) is 55.5. The van der Waals surface area contributed by atoms with E-state index in [0.29, 0.717) is 5.71 Å². The molecule has 7 aromatic heterocycles. The van der Waals surface area contributed by atoms with Crippen molar-refractivity contribution in [2.45, 2.75) is 0 Å². The minimum Gasteiger partial charge on any atom is -0.436 e. The number of pyridine rings is 1. The normalized spacial score (nSPS) is 11.9. The molecular formula is C93H55N7OS. The van der Waals surface area contributed by atoms with Gasteiger partial charge in [-0.05, 0) is 143 Å². The number of nitrogens with zero attached hydrogens (tertiary/aromatic N) is 7. The van der Waals surface area contributed by atoms with Crippen LogP contribution in [0, 0.1) is 0 Å². The van der Waals surface area contributed by atoms with Gasteiger partial charge in [-0.3, -0.25) is 14.1 Å². The highest BCUT2D eigenvalue weighted by Gasteiger charge is 2.27. The Morgan fingerprint density at radius 3 is 1.33 bits per heavy atom. The first-order valence-corrected chi connectivity index (χ1v) is 35.2. The minimum atomic E-state index is 0.523. The summed E-state index contributed by atoms with van der Waals surface area (Å²) in [6.45, 7) is 0. The number of rotatable bonds is 7.